The summed E-state index contributed by atoms with van der Waals surface area (Å²) < 4.78 is 2.05. The van der Waals surface area contributed by atoms with E-state index < -0.39 is 5.60 Å². The molecule has 1 aromatic heterocycles. The Hall–Kier alpha value is -0.870. The highest BCUT2D eigenvalue weighted by atomic mass is 16.3. The molecule has 0 aromatic carbocycles. The lowest BCUT2D eigenvalue weighted by Crippen LogP contribution is -2.47. The zero-order valence-electron chi connectivity index (χ0n) is 11.2. The van der Waals surface area contributed by atoms with E-state index in [1.54, 1.807) is 0 Å². The topological polar surface area (TPSA) is 41.3 Å². The predicted octanol–water partition coefficient (Wildman–Crippen LogP) is 1.34. The van der Waals surface area contributed by atoms with Gasteiger partial charge in [0, 0.05) is 38.4 Å². The van der Waals surface area contributed by atoms with E-state index in [1.807, 2.05) is 24.0 Å². The highest BCUT2D eigenvalue weighted by molar-refractivity contribution is 4.98. The molecular formula is C14H23N3O. The van der Waals surface area contributed by atoms with E-state index in [-0.39, 0.29) is 0 Å². The fraction of sp³-hybridized carbons (Fsp3) is 0.786. The molecule has 0 aliphatic carbocycles. The van der Waals surface area contributed by atoms with Crippen molar-refractivity contribution in [2.75, 3.05) is 13.1 Å². The fourth-order valence-corrected chi connectivity index (χ4v) is 3.52. The lowest BCUT2D eigenvalue weighted by atomic mass is 9.83. The van der Waals surface area contributed by atoms with Crippen LogP contribution in [0, 0.1) is 0 Å². The summed E-state index contributed by atoms with van der Waals surface area (Å²) in [5.74, 6) is 1.08. The average molecular weight is 249 g/mol. The third kappa shape index (κ3) is 2.31. The summed E-state index contributed by atoms with van der Waals surface area (Å²) >= 11 is 0. The van der Waals surface area contributed by atoms with Gasteiger partial charge in [-0.1, -0.05) is 0 Å². The maximum atomic E-state index is 10.7. The quantitative estimate of drug-likeness (QED) is 0.879. The first-order valence-electron chi connectivity index (χ1n) is 7.09. The number of piperidine rings is 1. The van der Waals surface area contributed by atoms with Crippen LogP contribution >= 0.6 is 0 Å². The molecule has 2 aliphatic rings. The second-order valence-electron chi connectivity index (χ2n) is 5.96. The summed E-state index contributed by atoms with van der Waals surface area (Å²) in [5.41, 5.74) is -0.461. The minimum absolute atomic E-state index is 0.461. The van der Waals surface area contributed by atoms with Crippen molar-refractivity contribution in [3.8, 4) is 0 Å². The Bertz CT molecular complexity index is 417. The van der Waals surface area contributed by atoms with Gasteiger partial charge in [-0.15, -0.1) is 0 Å². The second kappa shape index (κ2) is 4.67. The first-order valence-corrected chi connectivity index (χ1v) is 7.09. The number of hydrogen-bond donors (Lipinski definition) is 1. The minimum Gasteiger partial charge on any atom is -0.390 e. The number of nitrogens with zero attached hydrogens (tertiary/aromatic N) is 3. The van der Waals surface area contributed by atoms with E-state index in [2.05, 4.69) is 9.88 Å². The van der Waals surface area contributed by atoms with Crippen molar-refractivity contribution in [3.05, 3.63) is 18.2 Å². The van der Waals surface area contributed by atoms with Crippen LogP contribution in [0.25, 0.3) is 0 Å². The Balaban J connectivity index is 1.60. The van der Waals surface area contributed by atoms with Gasteiger partial charge in [-0.3, -0.25) is 0 Å². The molecule has 2 fully saturated rings. The van der Waals surface area contributed by atoms with Crippen LogP contribution in [0.15, 0.2) is 12.4 Å². The molecule has 18 heavy (non-hydrogen) atoms. The molecule has 0 spiro atoms. The minimum atomic E-state index is -0.461. The predicted molar refractivity (Wildman–Crippen MR) is 70.3 cm³/mol. The van der Waals surface area contributed by atoms with Crippen molar-refractivity contribution in [1.82, 2.24) is 14.5 Å². The number of aliphatic hydroxyl groups is 1. The molecular weight excluding hydrogens is 226 g/mol. The second-order valence-corrected chi connectivity index (χ2v) is 5.96. The van der Waals surface area contributed by atoms with Crippen LogP contribution in [-0.2, 0) is 13.5 Å². The molecule has 1 aromatic rings. The molecule has 0 saturated carbocycles. The number of aromatic nitrogens is 2. The number of imidazole rings is 1. The smallest absolute Gasteiger partial charge is 0.108 e. The van der Waals surface area contributed by atoms with Crippen molar-refractivity contribution < 1.29 is 5.11 Å². The van der Waals surface area contributed by atoms with E-state index >= 15 is 0 Å². The van der Waals surface area contributed by atoms with E-state index in [4.69, 9.17) is 0 Å². The SMILES string of the molecule is Cn1ccnc1CCC1(O)CCN2CCCC2C1. The first-order chi connectivity index (χ1) is 8.66. The normalized spacial score (nSPS) is 32.7. The molecule has 100 valence electrons. The Labute approximate surface area is 109 Å². The third-order valence-corrected chi connectivity index (χ3v) is 4.71. The van der Waals surface area contributed by atoms with Gasteiger partial charge in [0.05, 0.1) is 5.60 Å². The number of aryl methyl sites for hydroxylation is 2. The summed E-state index contributed by atoms with van der Waals surface area (Å²) in [5, 5.41) is 10.7. The molecule has 0 bridgehead atoms. The lowest BCUT2D eigenvalue weighted by molar-refractivity contribution is -0.0420. The summed E-state index contributed by atoms with van der Waals surface area (Å²) in [7, 11) is 2.02. The van der Waals surface area contributed by atoms with Gasteiger partial charge in [-0.2, -0.15) is 0 Å². The van der Waals surface area contributed by atoms with Crippen LogP contribution in [-0.4, -0.2) is 44.3 Å². The molecule has 0 radical (unpaired) electrons. The Morgan fingerprint density at radius 2 is 2.39 bits per heavy atom. The molecule has 4 nitrogen and oxygen atoms in total. The van der Waals surface area contributed by atoms with Crippen molar-refractivity contribution in [2.24, 2.45) is 7.05 Å². The van der Waals surface area contributed by atoms with Crippen LogP contribution < -0.4 is 0 Å². The molecule has 3 rings (SSSR count). The summed E-state index contributed by atoms with van der Waals surface area (Å²) in [6, 6.07) is 0.630. The number of hydrogen-bond acceptors (Lipinski definition) is 3. The van der Waals surface area contributed by atoms with Gasteiger partial charge in [0.1, 0.15) is 5.82 Å². The number of fused-ring (bicyclic) bond motifs is 1. The molecule has 4 heteroatoms. The molecule has 2 unspecified atom stereocenters. The van der Waals surface area contributed by atoms with Crippen LogP contribution in [0.2, 0.25) is 0 Å². The molecule has 2 aliphatic heterocycles. The molecule has 2 atom stereocenters. The zero-order chi connectivity index (χ0) is 12.6. The van der Waals surface area contributed by atoms with Gasteiger partial charge in [0.15, 0.2) is 0 Å². The van der Waals surface area contributed by atoms with E-state index in [1.165, 1.54) is 19.4 Å². The Morgan fingerprint density at radius 3 is 3.17 bits per heavy atom. The van der Waals surface area contributed by atoms with Gasteiger partial charge in [-0.25, -0.2) is 4.98 Å². The highest BCUT2D eigenvalue weighted by Crippen LogP contribution is 2.35. The highest BCUT2D eigenvalue weighted by Gasteiger charge is 2.39. The summed E-state index contributed by atoms with van der Waals surface area (Å²) in [6.45, 7) is 2.31. The average Bonchev–Trinajstić information content (AvgIpc) is 2.95. The fourth-order valence-electron chi connectivity index (χ4n) is 3.52. The molecule has 1 N–H and O–H groups in total. The van der Waals surface area contributed by atoms with Crippen molar-refractivity contribution in [1.29, 1.82) is 0 Å². The van der Waals surface area contributed by atoms with Gasteiger partial charge in [-0.05, 0) is 38.6 Å². The van der Waals surface area contributed by atoms with Gasteiger partial charge >= 0.3 is 0 Å². The maximum Gasteiger partial charge on any atom is 0.108 e. The van der Waals surface area contributed by atoms with Gasteiger partial charge < -0.3 is 14.6 Å². The van der Waals surface area contributed by atoms with Crippen LogP contribution in [0.1, 0.15) is 37.9 Å². The monoisotopic (exact) mass is 249 g/mol. The van der Waals surface area contributed by atoms with Crippen LogP contribution in [0.5, 0.6) is 0 Å². The van der Waals surface area contributed by atoms with Crippen molar-refractivity contribution >= 4 is 0 Å². The Kier molecular flexibility index (Phi) is 3.16. The van der Waals surface area contributed by atoms with Crippen molar-refractivity contribution in [3.63, 3.8) is 0 Å². The lowest BCUT2D eigenvalue weighted by Gasteiger charge is -2.41. The summed E-state index contributed by atoms with van der Waals surface area (Å²) in [6.07, 6.45) is 9.99. The Morgan fingerprint density at radius 1 is 1.50 bits per heavy atom. The zero-order valence-corrected chi connectivity index (χ0v) is 11.2. The van der Waals surface area contributed by atoms with E-state index in [9.17, 15) is 5.11 Å². The van der Waals surface area contributed by atoms with Crippen LogP contribution in [0.4, 0.5) is 0 Å². The van der Waals surface area contributed by atoms with Crippen LogP contribution in [0.3, 0.4) is 0 Å². The van der Waals surface area contributed by atoms with Gasteiger partial charge in [0.25, 0.3) is 0 Å². The van der Waals surface area contributed by atoms with Gasteiger partial charge in [0.2, 0.25) is 0 Å². The molecule has 0 amide bonds. The molecule has 2 saturated heterocycles. The standard InChI is InChI=1S/C14H23N3O/c1-16-10-7-15-13(16)4-5-14(18)6-9-17-8-2-3-12(17)11-14/h7,10,12,18H,2-6,8-9,11H2,1H3. The third-order valence-electron chi connectivity index (χ3n) is 4.71. The van der Waals surface area contributed by atoms with Crippen molar-refractivity contribution in [2.45, 2.75) is 50.2 Å². The maximum absolute atomic E-state index is 10.7. The molecule has 3 heterocycles. The van der Waals surface area contributed by atoms with E-state index in [0.29, 0.717) is 6.04 Å². The largest absolute Gasteiger partial charge is 0.390 e. The summed E-state index contributed by atoms with van der Waals surface area (Å²) in [4.78, 5) is 6.89. The van der Waals surface area contributed by atoms with E-state index in [0.717, 1.165) is 38.1 Å². The number of rotatable bonds is 3. The first kappa shape index (κ1) is 12.2.